The van der Waals surface area contributed by atoms with Gasteiger partial charge in [-0.2, -0.15) is 5.26 Å². The summed E-state index contributed by atoms with van der Waals surface area (Å²) in [6, 6.07) is 13.2. The highest BCUT2D eigenvalue weighted by molar-refractivity contribution is 7.91. The van der Waals surface area contributed by atoms with E-state index in [1.807, 2.05) is 12.1 Å². The van der Waals surface area contributed by atoms with Crippen LogP contribution >= 0.6 is 0 Å². The van der Waals surface area contributed by atoms with Crippen molar-refractivity contribution >= 4 is 16.1 Å². The Balaban J connectivity index is 2.07. The molecule has 1 aliphatic carbocycles. The summed E-state index contributed by atoms with van der Waals surface area (Å²) in [7, 11) is -3.64. The van der Waals surface area contributed by atoms with Gasteiger partial charge in [0.2, 0.25) is 9.84 Å². The lowest BCUT2D eigenvalue weighted by molar-refractivity contribution is 0.595. The second kappa shape index (κ2) is 5.98. The molecule has 23 heavy (non-hydrogen) atoms. The Hall–Kier alpha value is -2.45. The summed E-state index contributed by atoms with van der Waals surface area (Å²) in [6.07, 6.45) is 4.16. The fourth-order valence-electron chi connectivity index (χ4n) is 3.04. The first kappa shape index (κ1) is 15.4. The molecule has 2 aromatic rings. The first-order valence-electron chi connectivity index (χ1n) is 7.45. The lowest BCUT2D eigenvalue weighted by Gasteiger charge is -2.22. The molecule has 0 aromatic heterocycles. The highest BCUT2D eigenvalue weighted by Gasteiger charge is 2.23. The molecule has 0 bridgehead atoms. The Morgan fingerprint density at radius 3 is 2.70 bits per heavy atom. The molecule has 1 aliphatic rings. The van der Waals surface area contributed by atoms with Crippen LogP contribution in [-0.2, 0) is 16.3 Å². The SMILES string of the molecule is N#Cc1cccc(S(=O)(=O)c2ccc3c(c2)CCC[C@H]3C=N)c1. The lowest BCUT2D eigenvalue weighted by atomic mass is 9.83. The van der Waals surface area contributed by atoms with E-state index in [9.17, 15) is 8.42 Å². The van der Waals surface area contributed by atoms with Crippen molar-refractivity contribution in [2.24, 2.45) is 0 Å². The van der Waals surface area contributed by atoms with Gasteiger partial charge >= 0.3 is 0 Å². The van der Waals surface area contributed by atoms with Crippen LogP contribution in [0, 0.1) is 16.7 Å². The summed E-state index contributed by atoms with van der Waals surface area (Å²) >= 11 is 0. The molecule has 1 atom stereocenters. The number of nitrogens with zero attached hydrogens (tertiary/aromatic N) is 1. The van der Waals surface area contributed by atoms with Crippen molar-refractivity contribution in [2.75, 3.05) is 0 Å². The van der Waals surface area contributed by atoms with Crippen LogP contribution in [0.5, 0.6) is 0 Å². The van der Waals surface area contributed by atoms with E-state index in [-0.39, 0.29) is 15.7 Å². The maximum Gasteiger partial charge on any atom is 0.206 e. The van der Waals surface area contributed by atoms with Crippen molar-refractivity contribution in [1.29, 1.82) is 10.7 Å². The second-order valence-electron chi connectivity index (χ2n) is 5.67. The number of nitriles is 1. The van der Waals surface area contributed by atoms with Crippen LogP contribution in [0.2, 0.25) is 0 Å². The molecule has 0 heterocycles. The molecular weight excluding hydrogens is 308 g/mol. The Kier molecular flexibility index (Phi) is 4.01. The minimum Gasteiger partial charge on any atom is -0.312 e. The zero-order valence-corrected chi connectivity index (χ0v) is 13.3. The number of hydrogen-bond donors (Lipinski definition) is 1. The molecule has 0 amide bonds. The van der Waals surface area contributed by atoms with Crippen LogP contribution in [-0.4, -0.2) is 14.6 Å². The van der Waals surface area contributed by atoms with Crippen molar-refractivity contribution in [3.63, 3.8) is 0 Å². The number of benzene rings is 2. The standard InChI is InChI=1S/C18H16N2O2S/c19-11-13-3-1-6-16(9-13)23(21,22)17-7-8-18-14(10-17)4-2-5-15(18)12-20/h1,3,6-10,12,15,20H,2,4-5H2/t15-/m0/s1. The molecule has 4 nitrogen and oxygen atoms in total. The normalized spacial score (nSPS) is 17.1. The average Bonchev–Trinajstić information content (AvgIpc) is 2.60. The van der Waals surface area contributed by atoms with Crippen LogP contribution < -0.4 is 0 Å². The lowest BCUT2D eigenvalue weighted by Crippen LogP contribution is -2.12. The molecule has 0 spiro atoms. The van der Waals surface area contributed by atoms with Gasteiger partial charge in [-0.05, 0) is 60.7 Å². The largest absolute Gasteiger partial charge is 0.312 e. The Morgan fingerprint density at radius 2 is 1.96 bits per heavy atom. The van der Waals surface area contributed by atoms with Gasteiger partial charge < -0.3 is 5.41 Å². The summed E-state index contributed by atoms with van der Waals surface area (Å²) in [5.41, 5.74) is 2.38. The number of aryl methyl sites for hydroxylation is 1. The highest BCUT2D eigenvalue weighted by Crippen LogP contribution is 2.33. The van der Waals surface area contributed by atoms with E-state index in [1.165, 1.54) is 18.3 Å². The molecule has 0 saturated carbocycles. The molecule has 1 N–H and O–H groups in total. The van der Waals surface area contributed by atoms with Crippen LogP contribution in [0.15, 0.2) is 52.3 Å². The maximum absolute atomic E-state index is 12.8. The topological polar surface area (TPSA) is 81.8 Å². The Bertz CT molecular complexity index is 911. The van der Waals surface area contributed by atoms with E-state index in [2.05, 4.69) is 0 Å². The molecule has 0 unspecified atom stereocenters. The molecular formula is C18H16N2O2S. The fraction of sp³-hybridized carbons (Fsp3) is 0.222. The molecule has 2 aromatic carbocycles. The van der Waals surface area contributed by atoms with E-state index < -0.39 is 9.84 Å². The van der Waals surface area contributed by atoms with Gasteiger partial charge in [0.15, 0.2) is 0 Å². The second-order valence-corrected chi connectivity index (χ2v) is 7.62. The third-order valence-electron chi connectivity index (χ3n) is 4.26. The number of hydrogen-bond acceptors (Lipinski definition) is 4. The van der Waals surface area contributed by atoms with E-state index >= 15 is 0 Å². The smallest absolute Gasteiger partial charge is 0.206 e. The molecule has 0 saturated heterocycles. The van der Waals surface area contributed by atoms with Gasteiger partial charge in [0.1, 0.15) is 0 Å². The van der Waals surface area contributed by atoms with E-state index in [4.69, 9.17) is 10.7 Å². The van der Waals surface area contributed by atoms with E-state index in [0.29, 0.717) is 5.56 Å². The Labute approximate surface area is 135 Å². The summed E-state index contributed by atoms with van der Waals surface area (Å²) in [4.78, 5) is 0.382. The van der Waals surface area contributed by atoms with Gasteiger partial charge in [0.05, 0.1) is 21.4 Å². The highest BCUT2D eigenvalue weighted by atomic mass is 32.2. The van der Waals surface area contributed by atoms with Crippen molar-refractivity contribution in [2.45, 2.75) is 35.0 Å². The summed E-state index contributed by atoms with van der Waals surface area (Å²) in [6.45, 7) is 0. The summed E-state index contributed by atoms with van der Waals surface area (Å²) in [5, 5.41) is 16.5. The predicted octanol–water partition coefficient (Wildman–Crippen LogP) is 3.46. The van der Waals surface area contributed by atoms with Crippen molar-refractivity contribution in [3.8, 4) is 6.07 Å². The van der Waals surface area contributed by atoms with Crippen LogP contribution in [0.4, 0.5) is 0 Å². The van der Waals surface area contributed by atoms with Crippen molar-refractivity contribution in [3.05, 3.63) is 59.2 Å². The van der Waals surface area contributed by atoms with Crippen LogP contribution in [0.1, 0.15) is 35.4 Å². The zero-order chi connectivity index (χ0) is 16.4. The number of fused-ring (bicyclic) bond motifs is 1. The molecule has 0 radical (unpaired) electrons. The van der Waals surface area contributed by atoms with E-state index in [0.717, 1.165) is 30.4 Å². The number of nitrogens with one attached hydrogen (secondary N) is 1. The van der Waals surface area contributed by atoms with Crippen molar-refractivity contribution in [1.82, 2.24) is 0 Å². The van der Waals surface area contributed by atoms with Gasteiger partial charge in [-0.15, -0.1) is 0 Å². The van der Waals surface area contributed by atoms with Crippen molar-refractivity contribution < 1.29 is 8.42 Å². The van der Waals surface area contributed by atoms with Gasteiger partial charge in [-0.1, -0.05) is 12.1 Å². The number of rotatable bonds is 3. The first-order valence-corrected chi connectivity index (χ1v) is 8.93. The maximum atomic E-state index is 12.8. The van der Waals surface area contributed by atoms with Gasteiger partial charge in [0.25, 0.3) is 0 Å². The molecule has 3 rings (SSSR count). The monoisotopic (exact) mass is 324 g/mol. The minimum absolute atomic E-state index is 0.0809. The fourth-order valence-corrected chi connectivity index (χ4v) is 4.39. The quantitative estimate of drug-likeness (QED) is 0.878. The van der Waals surface area contributed by atoms with Gasteiger partial charge in [0, 0.05) is 12.1 Å². The summed E-state index contributed by atoms with van der Waals surface area (Å²) < 4.78 is 25.6. The van der Waals surface area contributed by atoms with Crippen LogP contribution in [0.3, 0.4) is 0 Å². The molecule has 5 heteroatoms. The number of sulfone groups is 1. The first-order chi connectivity index (χ1) is 11.1. The third kappa shape index (κ3) is 2.78. The minimum atomic E-state index is -3.64. The summed E-state index contributed by atoms with van der Waals surface area (Å²) in [5.74, 6) is 0.0809. The van der Waals surface area contributed by atoms with E-state index in [1.54, 1.807) is 24.3 Å². The zero-order valence-electron chi connectivity index (χ0n) is 12.5. The third-order valence-corrected chi connectivity index (χ3v) is 6.01. The molecule has 0 fully saturated rings. The molecule has 116 valence electrons. The van der Waals surface area contributed by atoms with Gasteiger partial charge in [-0.25, -0.2) is 8.42 Å². The van der Waals surface area contributed by atoms with Crippen LogP contribution in [0.25, 0.3) is 0 Å². The average molecular weight is 324 g/mol. The predicted molar refractivity (Wildman–Crippen MR) is 87.5 cm³/mol. The molecule has 0 aliphatic heterocycles. The van der Waals surface area contributed by atoms with Gasteiger partial charge in [-0.3, -0.25) is 0 Å². The Morgan fingerprint density at radius 1 is 1.17 bits per heavy atom.